The Bertz CT molecular complexity index is 680. The summed E-state index contributed by atoms with van der Waals surface area (Å²) >= 11 is 12.0. The van der Waals surface area contributed by atoms with E-state index in [1.807, 2.05) is 36.4 Å². The van der Waals surface area contributed by atoms with Crippen LogP contribution in [0, 0.1) is 0 Å². The zero-order valence-corrected chi connectivity index (χ0v) is 15.2. The maximum atomic E-state index is 6.17. The van der Waals surface area contributed by atoms with Crippen LogP contribution in [0.2, 0.25) is 10.0 Å². The minimum atomic E-state index is -0.218. The Kier molecular flexibility index (Phi) is 5.54. The zero-order chi connectivity index (χ0) is 17.0. The van der Waals surface area contributed by atoms with E-state index in [0.29, 0.717) is 16.7 Å². The monoisotopic (exact) mass is 365 g/mol. The molecule has 2 aromatic rings. The molecule has 0 N–H and O–H groups in total. The Hall–Kier alpha value is -1.42. The summed E-state index contributed by atoms with van der Waals surface area (Å²) in [5.74, 6) is 1.67. The molecule has 0 saturated carbocycles. The number of hydrogen-bond donors (Lipinski definition) is 0. The summed E-state index contributed by atoms with van der Waals surface area (Å²) in [5.41, 5.74) is -0.218. The van der Waals surface area contributed by atoms with Crippen LogP contribution >= 0.6 is 23.2 Å². The second kappa shape index (κ2) is 7.64. The van der Waals surface area contributed by atoms with Gasteiger partial charge in [-0.25, -0.2) is 0 Å². The Morgan fingerprint density at radius 2 is 1.83 bits per heavy atom. The summed E-state index contributed by atoms with van der Waals surface area (Å²) in [4.78, 5) is 2.36. The van der Waals surface area contributed by atoms with E-state index in [1.165, 1.54) is 0 Å². The van der Waals surface area contributed by atoms with Crippen molar-refractivity contribution in [1.29, 1.82) is 0 Å². The molecule has 1 saturated heterocycles. The molecule has 0 bridgehead atoms. The van der Waals surface area contributed by atoms with Gasteiger partial charge in [-0.05, 0) is 31.2 Å². The van der Waals surface area contributed by atoms with Crippen molar-refractivity contribution in [2.45, 2.75) is 18.9 Å². The Morgan fingerprint density at radius 1 is 1.04 bits per heavy atom. The van der Waals surface area contributed by atoms with E-state index in [1.54, 1.807) is 12.1 Å². The van der Waals surface area contributed by atoms with Gasteiger partial charge >= 0.3 is 0 Å². The van der Waals surface area contributed by atoms with Crippen molar-refractivity contribution in [1.82, 2.24) is 4.90 Å². The van der Waals surface area contributed by atoms with Gasteiger partial charge < -0.3 is 9.47 Å². The average Bonchev–Trinajstić information content (AvgIpc) is 2.93. The minimum absolute atomic E-state index is 0.218. The van der Waals surface area contributed by atoms with Gasteiger partial charge in [-0.2, -0.15) is 0 Å². The molecule has 3 rings (SSSR count). The van der Waals surface area contributed by atoms with Crippen LogP contribution < -0.4 is 9.47 Å². The van der Waals surface area contributed by atoms with Gasteiger partial charge in [-0.3, -0.25) is 4.90 Å². The fourth-order valence-electron chi connectivity index (χ4n) is 2.93. The number of nitrogens with zero attached hydrogens (tertiary/aromatic N) is 1. The van der Waals surface area contributed by atoms with Crippen LogP contribution in [0.5, 0.6) is 11.5 Å². The second-order valence-corrected chi connectivity index (χ2v) is 7.13. The first kappa shape index (κ1) is 17.4. The molecular formula is C19H21Cl2NO2. The van der Waals surface area contributed by atoms with Crippen LogP contribution in [-0.4, -0.2) is 36.7 Å². The topological polar surface area (TPSA) is 21.7 Å². The van der Waals surface area contributed by atoms with E-state index in [-0.39, 0.29) is 5.60 Å². The SMILES string of the molecule is CC1(Oc2ccc(Cl)c(Cl)c2)CCN(CCOc2ccccc2)C1. The van der Waals surface area contributed by atoms with Crippen LogP contribution in [0.3, 0.4) is 0 Å². The molecule has 0 radical (unpaired) electrons. The molecule has 24 heavy (non-hydrogen) atoms. The summed E-state index contributed by atoms with van der Waals surface area (Å²) in [5, 5.41) is 1.06. The lowest BCUT2D eigenvalue weighted by Crippen LogP contribution is -2.37. The fourth-order valence-corrected chi connectivity index (χ4v) is 3.22. The smallest absolute Gasteiger partial charge is 0.121 e. The van der Waals surface area contributed by atoms with Gasteiger partial charge in [0.15, 0.2) is 0 Å². The lowest BCUT2D eigenvalue weighted by atomic mass is 10.1. The van der Waals surface area contributed by atoms with Crippen LogP contribution in [0.1, 0.15) is 13.3 Å². The maximum absolute atomic E-state index is 6.17. The molecule has 1 fully saturated rings. The molecule has 0 spiro atoms. The van der Waals surface area contributed by atoms with E-state index < -0.39 is 0 Å². The number of benzene rings is 2. The predicted octanol–water partition coefficient (Wildman–Crippen LogP) is 4.92. The minimum Gasteiger partial charge on any atom is -0.492 e. The Labute approximate surface area is 153 Å². The first-order chi connectivity index (χ1) is 11.5. The van der Waals surface area contributed by atoms with Crippen molar-refractivity contribution in [3.05, 3.63) is 58.6 Å². The van der Waals surface area contributed by atoms with Crippen LogP contribution in [0.15, 0.2) is 48.5 Å². The molecule has 2 aromatic carbocycles. The number of rotatable bonds is 6. The number of halogens is 2. The van der Waals surface area contributed by atoms with E-state index in [0.717, 1.165) is 37.6 Å². The highest BCUT2D eigenvalue weighted by atomic mass is 35.5. The number of para-hydroxylation sites is 1. The molecule has 1 unspecified atom stereocenters. The van der Waals surface area contributed by atoms with Gasteiger partial charge in [-0.1, -0.05) is 41.4 Å². The zero-order valence-electron chi connectivity index (χ0n) is 13.7. The highest BCUT2D eigenvalue weighted by molar-refractivity contribution is 6.42. The normalized spacial score (nSPS) is 21.0. The molecule has 1 aliphatic heterocycles. The van der Waals surface area contributed by atoms with E-state index in [2.05, 4.69) is 11.8 Å². The van der Waals surface area contributed by atoms with E-state index >= 15 is 0 Å². The van der Waals surface area contributed by atoms with Gasteiger partial charge in [0.25, 0.3) is 0 Å². The van der Waals surface area contributed by atoms with Gasteiger partial charge in [-0.15, -0.1) is 0 Å². The first-order valence-corrected chi connectivity index (χ1v) is 8.84. The standard InChI is InChI=1S/C19H21Cl2NO2/c1-19(24-16-7-8-17(20)18(21)13-16)9-10-22(14-19)11-12-23-15-5-3-2-4-6-15/h2-8,13H,9-12,14H2,1H3. The van der Waals surface area contributed by atoms with Gasteiger partial charge in [0, 0.05) is 32.1 Å². The summed E-state index contributed by atoms with van der Waals surface area (Å²) in [6, 6.07) is 15.3. The molecular weight excluding hydrogens is 345 g/mol. The Morgan fingerprint density at radius 3 is 2.58 bits per heavy atom. The lowest BCUT2D eigenvalue weighted by Gasteiger charge is -2.26. The number of hydrogen-bond acceptors (Lipinski definition) is 3. The summed E-state index contributed by atoms with van der Waals surface area (Å²) in [6.07, 6.45) is 0.971. The van der Waals surface area contributed by atoms with E-state index in [4.69, 9.17) is 32.7 Å². The van der Waals surface area contributed by atoms with Crippen molar-refractivity contribution in [3.63, 3.8) is 0 Å². The summed E-state index contributed by atoms with van der Waals surface area (Å²) < 4.78 is 11.9. The lowest BCUT2D eigenvalue weighted by molar-refractivity contribution is 0.0935. The molecule has 1 heterocycles. The molecule has 0 aliphatic carbocycles. The fraction of sp³-hybridized carbons (Fsp3) is 0.368. The third kappa shape index (κ3) is 4.56. The van der Waals surface area contributed by atoms with Crippen LogP contribution in [0.25, 0.3) is 0 Å². The summed E-state index contributed by atoms with van der Waals surface area (Å²) in [7, 11) is 0. The second-order valence-electron chi connectivity index (χ2n) is 6.32. The predicted molar refractivity (Wildman–Crippen MR) is 98.5 cm³/mol. The third-order valence-corrected chi connectivity index (χ3v) is 4.93. The van der Waals surface area contributed by atoms with Crippen molar-refractivity contribution >= 4 is 23.2 Å². The van der Waals surface area contributed by atoms with E-state index in [9.17, 15) is 0 Å². The van der Waals surface area contributed by atoms with Crippen LogP contribution in [-0.2, 0) is 0 Å². The average molecular weight is 366 g/mol. The van der Waals surface area contributed by atoms with Crippen molar-refractivity contribution in [2.24, 2.45) is 0 Å². The Balaban J connectivity index is 1.49. The van der Waals surface area contributed by atoms with Gasteiger partial charge in [0.1, 0.15) is 23.7 Å². The largest absolute Gasteiger partial charge is 0.492 e. The molecule has 0 amide bonds. The van der Waals surface area contributed by atoms with Crippen LogP contribution in [0.4, 0.5) is 0 Å². The van der Waals surface area contributed by atoms with Gasteiger partial charge in [0.2, 0.25) is 0 Å². The van der Waals surface area contributed by atoms with Gasteiger partial charge in [0.05, 0.1) is 10.0 Å². The molecule has 0 aromatic heterocycles. The highest BCUT2D eigenvalue weighted by Gasteiger charge is 2.35. The van der Waals surface area contributed by atoms with Crippen molar-refractivity contribution < 1.29 is 9.47 Å². The molecule has 5 heteroatoms. The summed E-state index contributed by atoms with van der Waals surface area (Å²) in [6.45, 7) is 5.55. The molecule has 1 aliphatic rings. The quantitative estimate of drug-likeness (QED) is 0.725. The third-order valence-electron chi connectivity index (χ3n) is 4.19. The molecule has 3 nitrogen and oxygen atoms in total. The number of likely N-dealkylation sites (tertiary alicyclic amines) is 1. The van der Waals surface area contributed by atoms with Crippen molar-refractivity contribution in [2.75, 3.05) is 26.2 Å². The highest BCUT2D eigenvalue weighted by Crippen LogP contribution is 2.31. The first-order valence-electron chi connectivity index (χ1n) is 8.08. The molecule has 128 valence electrons. The maximum Gasteiger partial charge on any atom is 0.121 e. The van der Waals surface area contributed by atoms with Crippen molar-refractivity contribution in [3.8, 4) is 11.5 Å². The molecule has 1 atom stereocenters. The number of ether oxygens (including phenoxy) is 2.